The minimum absolute atomic E-state index is 0.643. The summed E-state index contributed by atoms with van der Waals surface area (Å²) >= 11 is 3.48. The topological polar surface area (TPSA) is 45.4 Å². The lowest BCUT2D eigenvalue weighted by atomic mass is 10.1. The van der Waals surface area contributed by atoms with Gasteiger partial charge in [-0.2, -0.15) is 4.98 Å². The molecule has 0 aliphatic carbocycles. The van der Waals surface area contributed by atoms with Crippen molar-refractivity contribution in [3.05, 3.63) is 70.0 Å². The minimum atomic E-state index is 0.643. The van der Waals surface area contributed by atoms with Gasteiger partial charge in [-0.25, -0.2) is 0 Å². The zero-order valence-corrected chi connectivity index (χ0v) is 17.0. The summed E-state index contributed by atoms with van der Waals surface area (Å²) in [6.07, 6.45) is 0. The molecule has 1 aliphatic rings. The summed E-state index contributed by atoms with van der Waals surface area (Å²) < 4.78 is 6.48. The Hall–Kier alpha value is -2.02. The number of nitrogens with zero attached hydrogens (tertiary/aromatic N) is 4. The van der Waals surface area contributed by atoms with E-state index in [-0.39, 0.29) is 0 Å². The smallest absolute Gasteiger partial charge is 0.241 e. The van der Waals surface area contributed by atoms with Crippen molar-refractivity contribution in [3.63, 3.8) is 0 Å². The predicted molar refractivity (Wildman–Crippen MR) is 109 cm³/mol. The predicted octanol–water partition coefficient (Wildman–Crippen LogP) is 4.13. The summed E-state index contributed by atoms with van der Waals surface area (Å²) in [5, 5.41) is 4.13. The maximum Gasteiger partial charge on any atom is 0.241 e. The quantitative estimate of drug-likeness (QED) is 0.613. The molecule has 5 nitrogen and oxygen atoms in total. The van der Waals surface area contributed by atoms with Crippen LogP contribution in [0.25, 0.3) is 11.4 Å². The molecule has 0 radical (unpaired) electrons. The largest absolute Gasteiger partial charge is 0.338 e. The maximum absolute atomic E-state index is 5.47. The zero-order chi connectivity index (χ0) is 18.6. The SMILES string of the molecule is Cc1ccccc1CN1CCN(Cc2nc(-c3cccc(Br)c3)no2)CC1. The van der Waals surface area contributed by atoms with Crippen LogP contribution in [0.3, 0.4) is 0 Å². The Morgan fingerprint density at radius 3 is 2.44 bits per heavy atom. The maximum atomic E-state index is 5.47. The van der Waals surface area contributed by atoms with Crippen LogP contribution in [0, 0.1) is 6.92 Å². The number of rotatable bonds is 5. The van der Waals surface area contributed by atoms with Gasteiger partial charge in [0, 0.05) is 42.8 Å². The van der Waals surface area contributed by atoms with Gasteiger partial charge in [-0.1, -0.05) is 57.5 Å². The van der Waals surface area contributed by atoms with E-state index in [4.69, 9.17) is 4.52 Å². The number of aromatic nitrogens is 2. The molecule has 3 aromatic rings. The molecular weight excluding hydrogens is 404 g/mol. The van der Waals surface area contributed by atoms with Crippen LogP contribution in [0.4, 0.5) is 0 Å². The first-order valence-electron chi connectivity index (χ1n) is 9.25. The first-order chi connectivity index (χ1) is 13.2. The van der Waals surface area contributed by atoms with E-state index in [1.54, 1.807) is 0 Å². The fourth-order valence-corrected chi connectivity index (χ4v) is 3.79. The number of halogens is 1. The van der Waals surface area contributed by atoms with Crippen molar-refractivity contribution in [1.82, 2.24) is 19.9 Å². The van der Waals surface area contributed by atoms with Crippen LogP contribution in [-0.2, 0) is 13.1 Å². The van der Waals surface area contributed by atoms with Crippen molar-refractivity contribution < 1.29 is 4.52 Å². The van der Waals surface area contributed by atoms with Gasteiger partial charge in [-0.3, -0.25) is 9.80 Å². The number of hydrogen-bond acceptors (Lipinski definition) is 5. The van der Waals surface area contributed by atoms with E-state index in [9.17, 15) is 0 Å². The lowest BCUT2D eigenvalue weighted by molar-refractivity contribution is 0.112. The van der Waals surface area contributed by atoms with Crippen LogP contribution in [0.5, 0.6) is 0 Å². The van der Waals surface area contributed by atoms with Crippen molar-refractivity contribution in [2.45, 2.75) is 20.0 Å². The van der Waals surface area contributed by atoms with Gasteiger partial charge >= 0.3 is 0 Å². The molecule has 0 N–H and O–H groups in total. The summed E-state index contributed by atoms with van der Waals surface area (Å²) in [4.78, 5) is 9.46. The van der Waals surface area contributed by atoms with Crippen LogP contribution in [0.1, 0.15) is 17.0 Å². The second kappa shape index (κ2) is 8.33. The summed E-state index contributed by atoms with van der Waals surface area (Å²) in [6, 6.07) is 16.6. The molecule has 1 saturated heterocycles. The third kappa shape index (κ3) is 4.64. The molecule has 1 aliphatic heterocycles. The normalized spacial score (nSPS) is 15.9. The lowest BCUT2D eigenvalue weighted by Crippen LogP contribution is -2.45. The zero-order valence-electron chi connectivity index (χ0n) is 15.4. The van der Waals surface area contributed by atoms with Crippen LogP contribution >= 0.6 is 15.9 Å². The molecule has 0 spiro atoms. The molecule has 0 unspecified atom stereocenters. The number of piperazine rings is 1. The van der Waals surface area contributed by atoms with Gasteiger partial charge in [0.05, 0.1) is 6.54 Å². The van der Waals surface area contributed by atoms with Gasteiger partial charge in [-0.05, 0) is 30.2 Å². The molecule has 0 amide bonds. The van der Waals surface area contributed by atoms with Crippen molar-refractivity contribution in [2.24, 2.45) is 0 Å². The van der Waals surface area contributed by atoms with Crippen LogP contribution in [0.2, 0.25) is 0 Å². The van der Waals surface area contributed by atoms with Crippen LogP contribution < -0.4 is 0 Å². The minimum Gasteiger partial charge on any atom is -0.338 e. The Morgan fingerprint density at radius 2 is 1.70 bits per heavy atom. The van der Waals surface area contributed by atoms with E-state index in [0.717, 1.165) is 42.8 Å². The van der Waals surface area contributed by atoms with E-state index in [0.29, 0.717) is 18.3 Å². The third-order valence-corrected chi connectivity index (χ3v) is 5.52. The molecule has 0 bridgehead atoms. The van der Waals surface area contributed by atoms with Gasteiger partial charge in [0.25, 0.3) is 0 Å². The van der Waals surface area contributed by atoms with E-state index in [1.807, 2.05) is 24.3 Å². The Balaban J connectivity index is 1.31. The standard InChI is InChI=1S/C21H23BrN4O/c1-16-5-2-3-6-18(16)14-25-9-11-26(12-10-25)15-20-23-21(24-27-20)17-7-4-8-19(22)13-17/h2-8,13H,9-12,14-15H2,1H3. The Labute approximate surface area is 168 Å². The Bertz CT molecular complexity index is 902. The molecule has 140 valence electrons. The highest BCUT2D eigenvalue weighted by Crippen LogP contribution is 2.21. The van der Waals surface area contributed by atoms with E-state index < -0.39 is 0 Å². The highest BCUT2D eigenvalue weighted by Gasteiger charge is 2.20. The van der Waals surface area contributed by atoms with Gasteiger partial charge in [0.15, 0.2) is 0 Å². The van der Waals surface area contributed by atoms with Crippen molar-refractivity contribution in [1.29, 1.82) is 0 Å². The van der Waals surface area contributed by atoms with E-state index >= 15 is 0 Å². The number of aryl methyl sites for hydroxylation is 1. The molecule has 27 heavy (non-hydrogen) atoms. The molecule has 1 fully saturated rings. The molecule has 6 heteroatoms. The van der Waals surface area contributed by atoms with Crippen molar-refractivity contribution in [3.8, 4) is 11.4 Å². The molecule has 2 heterocycles. The molecule has 2 aromatic carbocycles. The second-order valence-corrected chi connectivity index (χ2v) is 7.92. The second-order valence-electron chi connectivity index (χ2n) is 7.00. The highest BCUT2D eigenvalue weighted by atomic mass is 79.9. The van der Waals surface area contributed by atoms with Gasteiger partial charge in [0.2, 0.25) is 11.7 Å². The average Bonchev–Trinajstić information content (AvgIpc) is 3.14. The number of benzene rings is 2. The molecule has 1 aromatic heterocycles. The Morgan fingerprint density at radius 1 is 0.963 bits per heavy atom. The molecule has 4 rings (SSSR count). The average molecular weight is 427 g/mol. The monoisotopic (exact) mass is 426 g/mol. The van der Waals surface area contributed by atoms with Gasteiger partial charge in [0.1, 0.15) is 0 Å². The first-order valence-corrected chi connectivity index (χ1v) is 10.0. The Kier molecular flexibility index (Phi) is 5.66. The van der Waals surface area contributed by atoms with Crippen LogP contribution in [-0.4, -0.2) is 46.1 Å². The van der Waals surface area contributed by atoms with E-state index in [1.165, 1.54) is 11.1 Å². The van der Waals surface area contributed by atoms with E-state index in [2.05, 4.69) is 67.1 Å². The fourth-order valence-electron chi connectivity index (χ4n) is 3.39. The summed E-state index contributed by atoms with van der Waals surface area (Å²) in [7, 11) is 0. The summed E-state index contributed by atoms with van der Waals surface area (Å²) in [5.74, 6) is 1.32. The molecule has 0 saturated carbocycles. The highest BCUT2D eigenvalue weighted by molar-refractivity contribution is 9.10. The molecular formula is C21H23BrN4O. The summed E-state index contributed by atoms with van der Waals surface area (Å²) in [6.45, 7) is 8.06. The van der Waals surface area contributed by atoms with Crippen molar-refractivity contribution >= 4 is 15.9 Å². The fraction of sp³-hybridized carbons (Fsp3) is 0.333. The van der Waals surface area contributed by atoms with Crippen molar-refractivity contribution in [2.75, 3.05) is 26.2 Å². The van der Waals surface area contributed by atoms with Gasteiger partial charge in [-0.15, -0.1) is 0 Å². The van der Waals surface area contributed by atoms with Crippen LogP contribution in [0.15, 0.2) is 57.5 Å². The van der Waals surface area contributed by atoms with Gasteiger partial charge < -0.3 is 4.52 Å². The number of hydrogen-bond donors (Lipinski definition) is 0. The summed E-state index contributed by atoms with van der Waals surface area (Å²) in [5.41, 5.74) is 3.75. The first kappa shape index (κ1) is 18.3. The lowest BCUT2D eigenvalue weighted by Gasteiger charge is -2.34. The third-order valence-electron chi connectivity index (χ3n) is 5.03. The molecule has 0 atom stereocenters.